The molecule has 3 aromatic rings. The highest BCUT2D eigenvalue weighted by atomic mass is 32.9. The lowest BCUT2D eigenvalue weighted by Gasteiger charge is -1.88. The Bertz CT molecular complexity index is 585. The second-order valence-corrected chi connectivity index (χ2v) is 6.46. The van der Waals surface area contributed by atoms with Crippen molar-refractivity contribution in [1.29, 1.82) is 0 Å². The second-order valence-electron chi connectivity index (χ2n) is 3.16. The number of hydrogen-bond donors (Lipinski definition) is 0. The van der Waals surface area contributed by atoms with Crippen LogP contribution in [0.5, 0.6) is 0 Å². The molecule has 0 fully saturated rings. The molecule has 0 saturated carbocycles. The monoisotopic (exact) mass is 248 g/mol. The molecule has 2 aromatic carbocycles. The molecule has 0 unspecified atom stereocenters. The Hall–Kier alpha value is -0.900. The Morgan fingerprint density at radius 1 is 0.533 bits per heavy atom. The van der Waals surface area contributed by atoms with Gasteiger partial charge in [0.15, 0.2) is 0 Å². The quantitative estimate of drug-likeness (QED) is 0.473. The highest BCUT2D eigenvalue weighted by Crippen LogP contribution is 2.31. The number of benzene rings is 2. The molecule has 0 radical (unpaired) electrons. The Morgan fingerprint density at radius 3 is 1.40 bits per heavy atom. The second kappa shape index (κ2) is 3.93. The SMILES string of the molecule is c1ccc2sc3ccccc3ssc2c1. The van der Waals surface area contributed by atoms with Gasteiger partial charge in [0.1, 0.15) is 0 Å². The van der Waals surface area contributed by atoms with E-state index in [2.05, 4.69) is 48.5 Å². The topological polar surface area (TPSA) is 0 Å². The van der Waals surface area contributed by atoms with Gasteiger partial charge in [0, 0.05) is 9.40 Å². The third kappa shape index (κ3) is 1.78. The van der Waals surface area contributed by atoms with Crippen molar-refractivity contribution in [3.05, 3.63) is 48.5 Å². The lowest BCUT2D eigenvalue weighted by molar-refractivity contribution is 1.88. The largest absolute Gasteiger partial charge is 0.133 e. The Balaban J connectivity index is 2.54. The van der Waals surface area contributed by atoms with E-state index in [4.69, 9.17) is 0 Å². The van der Waals surface area contributed by atoms with Crippen LogP contribution in [0.25, 0.3) is 18.8 Å². The van der Waals surface area contributed by atoms with Crippen LogP contribution in [0, 0.1) is 0 Å². The van der Waals surface area contributed by atoms with E-state index >= 15 is 0 Å². The van der Waals surface area contributed by atoms with Crippen molar-refractivity contribution in [3.8, 4) is 0 Å². The van der Waals surface area contributed by atoms with Crippen molar-refractivity contribution in [2.75, 3.05) is 0 Å². The average molecular weight is 248 g/mol. The van der Waals surface area contributed by atoms with E-state index in [1.807, 2.05) is 32.0 Å². The fourth-order valence-electron chi connectivity index (χ4n) is 1.41. The van der Waals surface area contributed by atoms with Crippen LogP contribution in [-0.4, -0.2) is 0 Å². The van der Waals surface area contributed by atoms with Crippen molar-refractivity contribution >= 4 is 50.8 Å². The minimum absolute atomic E-state index is 1.36. The van der Waals surface area contributed by atoms with Gasteiger partial charge in [-0.05, 0) is 24.3 Å². The maximum absolute atomic E-state index is 2.19. The summed E-state index contributed by atoms with van der Waals surface area (Å²) in [5, 5.41) is 0. The van der Waals surface area contributed by atoms with Crippen LogP contribution in [0.3, 0.4) is 0 Å². The molecule has 0 aliphatic carbocycles. The third-order valence-electron chi connectivity index (χ3n) is 2.14. The first kappa shape index (κ1) is 9.33. The maximum atomic E-state index is 2.19. The van der Waals surface area contributed by atoms with Crippen LogP contribution >= 0.6 is 32.0 Å². The molecule has 0 atom stereocenters. The van der Waals surface area contributed by atoms with Crippen LogP contribution in [0.4, 0.5) is 0 Å². The van der Waals surface area contributed by atoms with Crippen molar-refractivity contribution in [1.82, 2.24) is 0 Å². The van der Waals surface area contributed by atoms with E-state index < -0.39 is 0 Å². The van der Waals surface area contributed by atoms with Gasteiger partial charge in [-0.1, -0.05) is 44.9 Å². The molecule has 0 N–H and O–H groups in total. The van der Waals surface area contributed by atoms with E-state index in [1.54, 1.807) is 0 Å². The Labute approximate surface area is 99.1 Å². The molecule has 0 saturated heterocycles. The lowest BCUT2D eigenvalue weighted by Crippen LogP contribution is -1.59. The van der Waals surface area contributed by atoms with E-state index in [9.17, 15) is 0 Å². The molecule has 0 amide bonds. The predicted molar refractivity (Wildman–Crippen MR) is 72.7 cm³/mol. The summed E-state index contributed by atoms with van der Waals surface area (Å²) >= 11 is 1.86. The Kier molecular flexibility index (Phi) is 2.44. The van der Waals surface area contributed by atoms with Crippen molar-refractivity contribution < 1.29 is 0 Å². The average Bonchev–Trinajstić information content (AvgIpc) is 2.48. The summed E-state index contributed by atoms with van der Waals surface area (Å²) in [5.41, 5.74) is 0. The lowest BCUT2D eigenvalue weighted by atomic mass is 10.4. The summed E-state index contributed by atoms with van der Waals surface area (Å²) in [4.78, 5) is 0. The zero-order chi connectivity index (χ0) is 10.1. The van der Waals surface area contributed by atoms with Gasteiger partial charge in [-0.2, -0.15) is 0 Å². The molecular formula is C12H8S3. The van der Waals surface area contributed by atoms with E-state index in [-0.39, 0.29) is 0 Å². The van der Waals surface area contributed by atoms with Gasteiger partial charge in [-0.15, -0.1) is 11.3 Å². The van der Waals surface area contributed by atoms with Gasteiger partial charge < -0.3 is 0 Å². The summed E-state index contributed by atoms with van der Waals surface area (Å²) in [6.45, 7) is 0. The summed E-state index contributed by atoms with van der Waals surface area (Å²) in [5.74, 6) is 0. The van der Waals surface area contributed by atoms with Crippen molar-refractivity contribution in [2.24, 2.45) is 0 Å². The van der Waals surface area contributed by atoms with Gasteiger partial charge in [0.2, 0.25) is 0 Å². The summed E-state index contributed by atoms with van der Waals surface area (Å²) < 4.78 is 5.45. The van der Waals surface area contributed by atoms with Crippen LogP contribution in [-0.2, 0) is 0 Å². The van der Waals surface area contributed by atoms with E-state index in [1.165, 1.54) is 18.8 Å². The zero-order valence-corrected chi connectivity index (χ0v) is 10.3. The molecule has 1 heterocycles. The maximum Gasteiger partial charge on any atom is 0.0549 e. The van der Waals surface area contributed by atoms with Gasteiger partial charge in [-0.25, -0.2) is 0 Å². The van der Waals surface area contributed by atoms with Crippen molar-refractivity contribution in [2.45, 2.75) is 0 Å². The molecule has 3 heteroatoms. The molecule has 74 valence electrons. The van der Waals surface area contributed by atoms with Crippen molar-refractivity contribution in [3.63, 3.8) is 0 Å². The first-order valence-corrected chi connectivity index (χ1v) is 7.60. The zero-order valence-electron chi connectivity index (χ0n) is 7.84. The highest BCUT2D eigenvalue weighted by Gasteiger charge is 1.95. The fourth-order valence-corrected chi connectivity index (χ4v) is 5.26. The number of fused-ring (bicyclic) bond motifs is 2. The fraction of sp³-hybridized carbons (Fsp3) is 0. The van der Waals surface area contributed by atoms with E-state index in [0.717, 1.165) is 0 Å². The summed E-state index contributed by atoms with van der Waals surface area (Å²) in [7, 11) is 3.70. The molecule has 0 aliphatic rings. The van der Waals surface area contributed by atoms with Crippen LogP contribution in [0.2, 0.25) is 0 Å². The molecule has 0 nitrogen and oxygen atoms in total. The van der Waals surface area contributed by atoms with Crippen LogP contribution in [0.1, 0.15) is 0 Å². The number of hydrogen-bond acceptors (Lipinski definition) is 3. The molecule has 0 bridgehead atoms. The minimum atomic E-state index is 1.36. The molecule has 1 aromatic heterocycles. The molecule has 0 spiro atoms. The first-order chi connectivity index (χ1) is 7.43. The van der Waals surface area contributed by atoms with Gasteiger partial charge in [-0.3, -0.25) is 0 Å². The standard InChI is InChI=1S/C12H8S3/c1-3-7-11-9(5-1)13-10-6-2-4-8-12(10)15-14-11/h1-8H. The number of rotatable bonds is 0. The van der Waals surface area contributed by atoms with E-state index in [0.29, 0.717) is 0 Å². The van der Waals surface area contributed by atoms with Crippen LogP contribution in [0.15, 0.2) is 48.5 Å². The van der Waals surface area contributed by atoms with Gasteiger partial charge in [0.25, 0.3) is 0 Å². The first-order valence-electron chi connectivity index (χ1n) is 4.64. The smallest absolute Gasteiger partial charge is 0.0549 e. The normalized spacial score (nSPS) is 10.7. The minimum Gasteiger partial charge on any atom is -0.133 e. The highest BCUT2D eigenvalue weighted by molar-refractivity contribution is 7.74. The summed E-state index contributed by atoms with van der Waals surface area (Å²) in [6, 6.07) is 17.2. The molecular weight excluding hydrogens is 240 g/mol. The molecule has 3 rings (SSSR count). The van der Waals surface area contributed by atoms with Gasteiger partial charge in [0.05, 0.1) is 9.40 Å². The molecule has 15 heavy (non-hydrogen) atoms. The summed E-state index contributed by atoms with van der Waals surface area (Å²) in [6.07, 6.45) is 0. The van der Waals surface area contributed by atoms with Gasteiger partial charge >= 0.3 is 0 Å². The Morgan fingerprint density at radius 2 is 0.933 bits per heavy atom. The predicted octanol–water partition coefficient (Wildman–Crippen LogP) is 5.30. The van der Waals surface area contributed by atoms with Crippen LogP contribution < -0.4 is 0 Å². The molecule has 0 aliphatic heterocycles. The third-order valence-corrected chi connectivity index (χ3v) is 6.03.